The lowest BCUT2D eigenvalue weighted by atomic mass is 9.85. The number of carbonyl (C=O) groups excluding carboxylic acids is 1. The molecule has 3 N–H and O–H groups in total. The molecule has 0 aliphatic heterocycles. The van der Waals surface area contributed by atoms with E-state index in [2.05, 4.69) is 0 Å². The molecule has 0 fully saturated rings. The van der Waals surface area contributed by atoms with Crippen molar-refractivity contribution in [3.05, 3.63) is 12.2 Å². The zero-order valence-corrected chi connectivity index (χ0v) is 6.80. The smallest absolute Gasteiger partial charge is 0.306 e. The van der Waals surface area contributed by atoms with Crippen molar-refractivity contribution in [3.8, 4) is 0 Å². The summed E-state index contributed by atoms with van der Waals surface area (Å²) in [5, 5.41) is 27.2. The fourth-order valence-corrected chi connectivity index (χ4v) is 1.20. The predicted octanol–water partition coefficient (Wildman–Crippen LogP) is -0.918. The lowest BCUT2D eigenvalue weighted by Gasteiger charge is -2.30. The molecule has 0 amide bonds. The SMILES string of the molecule is O=C(O)CC1(O)C=CC(=O)CC1O. The number of aliphatic hydroxyl groups excluding tert-OH is 1. The molecule has 5 nitrogen and oxygen atoms in total. The van der Waals surface area contributed by atoms with Crippen molar-refractivity contribution >= 4 is 11.8 Å². The number of hydrogen-bond donors (Lipinski definition) is 3. The third kappa shape index (κ3) is 2.13. The molecule has 13 heavy (non-hydrogen) atoms. The molecule has 0 spiro atoms. The lowest BCUT2D eigenvalue weighted by molar-refractivity contribution is -0.147. The first-order valence-corrected chi connectivity index (χ1v) is 3.78. The van der Waals surface area contributed by atoms with Crippen molar-refractivity contribution in [2.24, 2.45) is 0 Å². The molecule has 0 aromatic heterocycles. The van der Waals surface area contributed by atoms with Gasteiger partial charge in [-0.25, -0.2) is 0 Å². The topological polar surface area (TPSA) is 94.8 Å². The highest BCUT2D eigenvalue weighted by Gasteiger charge is 2.39. The molecular formula is C8H10O5. The number of carboxylic acid groups (broad SMARTS) is 1. The molecule has 0 saturated carbocycles. The normalized spacial score (nSPS) is 33.4. The molecule has 0 bridgehead atoms. The average molecular weight is 186 g/mol. The van der Waals surface area contributed by atoms with Gasteiger partial charge in [-0.1, -0.05) is 0 Å². The van der Waals surface area contributed by atoms with Crippen molar-refractivity contribution in [2.75, 3.05) is 0 Å². The summed E-state index contributed by atoms with van der Waals surface area (Å²) in [6.07, 6.45) is -0.0352. The second-order valence-corrected chi connectivity index (χ2v) is 3.08. The third-order valence-corrected chi connectivity index (χ3v) is 1.96. The van der Waals surface area contributed by atoms with Crippen LogP contribution in [0.15, 0.2) is 12.2 Å². The monoisotopic (exact) mass is 186 g/mol. The van der Waals surface area contributed by atoms with Crippen molar-refractivity contribution in [1.82, 2.24) is 0 Å². The summed E-state index contributed by atoms with van der Waals surface area (Å²) < 4.78 is 0. The summed E-state index contributed by atoms with van der Waals surface area (Å²) in [4.78, 5) is 21.1. The quantitative estimate of drug-likeness (QED) is 0.518. The highest BCUT2D eigenvalue weighted by molar-refractivity contribution is 5.91. The minimum absolute atomic E-state index is 0.236. The Kier molecular flexibility index (Phi) is 2.49. The molecule has 2 atom stereocenters. The summed E-state index contributed by atoms with van der Waals surface area (Å²) in [7, 11) is 0. The summed E-state index contributed by atoms with van der Waals surface area (Å²) in [6, 6.07) is 0. The largest absolute Gasteiger partial charge is 0.481 e. The van der Waals surface area contributed by atoms with E-state index in [0.717, 1.165) is 12.2 Å². The summed E-state index contributed by atoms with van der Waals surface area (Å²) in [5.41, 5.74) is -1.81. The molecule has 72 valence electrons. The van der Waals surface area contributed by atoms with E-state index in [1.165, 1.54) is 0 Å². The maximum Gasteiger partial charge on any atom is 0.306 e. The standard InChI is InChI=1S/C8H10O5/c9-5-1-2-8(13,4-7(11)12)6(10)3-5/h1-2,6,10,13H,3-4H2,(H,11,12). The molecule has 0 heterocycles. The summed E-state index contributed by atoms with van der Waals surface area (Å²) in [6.45, 7) is 0. The molecule has 0 aromatic carbocycles. The predicted molar refractivity (Wildman–Crippen MR) is 42.0 cm³/mol. The Balaban J connectivity index is 2.83. The van der Waals surface area contributed by atoms with Crippen LogP contribution in [0.5, 0.6) is 0 Å². The van der Waals surface area contributed by atoms with Crippen LogP contribution < -0.4 is 0 Å². The highest BCUT2D eigenvalue weighted by atomic mass is 16.4. The Bertz CT molecular complexity index is 270. The van der Waals surface area contributed by atoms with E-state index in [-0.39, 0.29) is 12.2 Å². The molecule has 0 aromatic rings. The van der Waals surface area contributed by atoms with Crippen LogP contribution in [-0.2, 0) is 9.59 Å². The molecule has 5 heteroatoms. The lowest BCUT2D eigenvalue weighted by Crippen LogP contribution is -2.45. The third-order valence-electron chi connectivity index (χ3n) is 1.96. The Morgan fingerprint density at radius 3 is 2.77 bits per heavy atom. The molecule has 1 aliphatic carbocycles. The van der Waals surface area contributed by atoms with Gasteiger partial charge in [0.25, 0.3) is 0 Å². The Labute approximate surface area is 74.3 Å². The molecule has 0 saturated heterocycles. The van der Waals surface area contributed by atoms with E-state index in [1.807, 2.05) is 0 Å². The van der Waals surface area contributed by atoms with Gasteiger partial charge >= 0.3 is 5.97 Å². The van der Waals surface area contributed by atoms with Crippen LogP contribution in [0.4, 0.5) is 0 Å². The van der Waals surface area contributed by atoms with Crippen molar-refractivity contribution < 1.29 is 24.9 Å². The Hall–Kier alpha value is -1.20. The van der Waals surface area contributed by atoms with Crippen LogP contribution in [0.3, 0.4) is 0 Å². The number of carboxylic acids is 1. The van der Waals surface area contributed by atoms with Crippen LogP contribution in [0.2, 0.25) is 0 Å². The van der Waals surface area contributed by atoms with E-state index < -0.39 is 24.1 Å². The number of rotatable bonds is 2. The zero-order valence-electron chi connectivity index (χ0n) is 6.80. The Morgan fingerprint density at radius 2 is 2.31 bits per heavy atom. The first-order valence-electron chi connectivity index (χ1n) is 3.78. The van der Waals surface area contributed by atoms with Crippen molar-refractivity contribution in [2.45, 2.75) is 24.5 Å². The average Bonchev–Trinajstić information content (AvgIpc) is 1.97. The van der Waals surface area contributed by atoms with Crippen LogP contribution in [-0.4, -0.2) is 38.8 Å². The minimum atomic E-state index is -1.81. The second-order valence-electron chi connectivity index (χ2n) is 3.08. The van der Waals surface area contributed by atoms with E-state index >= 15 is 0 Å². The fourth-order valence-electron chi connectivity index (χ4n) is 1.20. The molecule has 1 rings (SSSR count). The van der Waals surface area contributed by atoms with Crippen LogP contribution >= 0.6 is 0 Å². The van der Waals surface area contributed by atoms with Crippen LogP contribution in [0.25, 0.3) is 0 Å². The first kappa shape index (κ1) is 9.88. The molecular weight excluding hydrogens is 176 g/mol. The summed E-state index contributed by atoms with van der Waals surface area (Å²) in [5.74, 6) is -1.54. The van der Waals surface area contributed by atoms with Gasteiger partial charge in [0, 0.05) is 6.42 Å². The maximum atomic E-state index is 10.7. The maximum absolute atomic E-state index is 10.7. The van der Waals surface area contributed by atoms with Gasteiger partial charge in [0.2, 0.25) is 0 Å². The zero-order chi connectivity index (χ0) is 10.1. The Morgan fingerprint density at radius 1 is 1.69 bits per heavy atom. The first-order chi connectivity index (χ1) is 5.94. The molecule has 1 aliphatic rings. The fraction of sp³-hybridized carbons (Fsp3) is 0.500. The van der Waals surface area contributed by atoms with Crippen molar-refractivity contribution in [1.29, 1.82) is 0 Å². The van der Waals surface area contributed by atoms with E-state index in [0.29, 0.717) is 0 Å². The van der Waals surface area contributed by atoms with Crippen LogP contribution in [0.1, 0.15) is 12.8 Å². The number of ketones is 1. The van der Waals surface area contributed by atoms with Crippen molar-refractivity contribution in [3.63, 3.8) is 0 Å². The molecule has 0 radical (unpaired) electrons. The number of allylic oxidation sites excluding steroid dienone is 1. The minimum Gasteiger partial charge on any atom is -0.481 e. The second kappa shape index (κ2) is 3.27. The van der Waals surface area contributed by atoms with Gasteiger partial charge in [0.1, 0.15) is 5.60 Å². The molecule has 2 unspecified atom stereocenters. The van der Waals surface area contributed by atoms with Gasteiger partial charge in [0.15, 0.2) is 5.78 Å². The van der Waals surface area contributed by atoms with Gasteiger partial charge in [-0.3, -0.25) is 9.59 Å². The van der Waals surface area contributed by atoms with Gasteiger partial charge in [-0.05, 0) is 12.2 Å². The van der Waals surface area contributed by atoms with Gasteiger partial charge in [-0.15, -0.1) is 0 Å². The van der Waals surface area contributed by atoms with Crippen LogP contribution in [0, 0.1) is 0 Å². The number of hydrogen-bond acceptors (Lipinski definition) is 4. The number of carbonyl (C=O) groups is 2. The van der Waals surface area contributed by atoms with Gasteiger partial charge in [0.05, 0.1) is 12.5 Å². The van der Waals surface area contributed by atoms with E-state index in [1.54, 1.807) is 0 Å². The van der Waals surface area contributed by atoms with Gasteiger partial charge < -0.3 is 15.3 Å². The highest BCUT2D eigenvalue weighted by Crippen LogP contribution is 2.24. The number of aliphatic carboxylic acids is 1. The number of aliphatic hydroxyl groups is 2. The van der Waals surface area contributed by atoms with Gasteiger partial charge in [-0.2, -0.15) is 0 Å². The van der Waals surface area contributed by atoms with E-state index in [9.17, 15) is 19.8 Å². The summed E-state index contributed by atoms with van der Waals surface area (Å²) >= 11 is 0. The van der Waals surface area contributed by atoms with E-state index in [4.69, 9.17) is 5.11 Å².